The number of rotatable bonds is 6. The number of hydrogen-bond acceptors (Lipinski definition) is 3. The van der Waals surface area contributed by atoms with Crippen molar-refractivity contribution in [3.63, 3.8) is 0 Å². The Morgan fingerprint density at radius 2 is 1.95 bits per heavy atom. The molecule has 0 aromatic heterocycles. The molecule has 2 rings (SSSR count). The summed E-state index contributed by atoms with van der Waals surface area (Å²) in [5.41, 5.74) is 0.938. The predicted octanol–water partition coefficient (Wildman–Crippen LogP) is 3.66. The SMILES string of the molecule is CC(C)Oc1cccc(NCC(=O)Nc2ccccc2F)c1. The van der Waals surface area contributed by atoms with Crippen LogP contribution in [0.3, 0.4) is 0 Å². The summed E-state index contributed by atoms with van der Waals surface area (Å²) in [6.07, 6.45) is 0.0830. The Hall–Kier alpha value is -2.56. The molecule has 0 atom stereocenters. The second-order valence-electron chi connectivity index (χ2n) is 5.08. The van der Waals surface area contributed by atoms with Gasteiger partial charge in [0.1, 0.15) is 11.6 Å². The molecule has 2 aromatic carbocycles. The summed E-state index contributed by atoms with van der Waals surface area (Å²) >= 11 is 0. The summed E-state index contributed by atoms with van der Waals surface area (Å²) in [5, 5.41) is 5.50. The topological polar surface area (TPSA) is 50.4 Å². The maximum Gasteiger partial charge on any atom is 0.243 e. The average molecular weight is 302 g/mol. The number of carbonyl (C=O) groups is 1. The highest BCUT2D eigenvalue weighted by Crippen LogP contribution is 2.18. The molecule has 0 spiro atoms. The molecule has 0 radical (unpaired) electrons. The van der Waals surface area contributed by atoms with Crippen molar-refractivity contribution in [1.29, 1.82) is 0 Å². The molecule has 0 saturated heterocycles. The van der Waals surface area contributed by atoms with E-state index in [-0.39, 0.29) is 24.2 Å². The minimum Gasteiger partial charge on any atom is -0.491 e. The lowest BCUT2D eigenvalue weighted by molar-refractivity contribution is -0.114. The Balaban J connectivity index is 1.90. The Bertz CT molecular complexity index is 644. The van der Waals surface area contributed by atoms with Crippen LogP contribution >= 0.6 is 0 Å². The van der Waals surface area contributed by atoms with Gasteiger partial charge in [-0.05, 0) is 38.1 Å². The lowest BCUT2D eigenvalue weighted by atomic mass is 10.3. The fraction of sp³-hybridized carbons (Fsp3) is 0.235. The van der Waals surface area contributed by atoms with Crippen LogP contribution in [0.5, 0.6) is 5.75 Å². The zero-order valence-corrected chi connectivity index (χ0v) is 12.6. The zero-order valence-electron chi connectivity index (χ0n) is 12.6. The quantitative estimate of drug-likeness (QED) is 0.856. The van der Waals surface area contributed by atoms with E-state index in [0.29, 0.717) is 0 Å². The molecular weight excluding hydrogens is 283 g/mol. The van der Waals surface area contributed by atoms with Gasteiger partial charge in [0.15, 0.2) is 0 Å². The highest BCUT2D eigenvalue weighted by atomic mass is 19.1. The summed E-state index contributed by atoms with van der Waals surface area (Å²) in [5.74, 6) is -0.0435. The van der Waals surface area contributed by atoms with Crippen LogP contribution in [-0.2, 0) is 4.79 Å². The van der Waals surface area contributed by atoms with E-state index in [2.05, 4.69) is 10.6 Å². The first-order chi connectivity index (χ1) is 10.5. The van der Waals surface area contributed by atoms with Crippen molar-refractivity contribution in [1.82, 2.24) is 0 Å². The highest BCUT2D eigenvalue weighted by Gasteiger charge is 2.06. The van der Waals surface area contributed by atoms with E-state index in [0.717, 1.165) is 11.4 Å². The molecular formula is C17H19FN2O2. The maximum atomic E-state index is 13.4. The lowest BCUT2D eigenvalue weighted by Gasteiger charge is -2.12. The van der Waals surface area contributed by atoms with Crippen LogP contribution in [-0.4, -0.2) is 18.6 Å². The van der Waals surface area contributed by atoms with Crippen LogP contribution in [0, 0.1) is 5.82 Å². The van der Waals surface area contributed by atoms with Gasteiger partial charge in [-0.1, -0.05) is 18.2 Å². The van der Waals surface area contributed by atoms with Gasteiger partial charge in [-0.2, -0.15) is 0 Å². The van der Waals surface area contributed by atoms with Crippen molar-refractivity contribution < 1.29 is 13.9 Å². The van der Waals surface area contributed by atoms with E-state index in [1.54, 1.807) is 12.1 Å². The van der Waals surface area contributed by atoms with Crippen LogP contribution in [0.25, 0.3) is 0 Å². The van der Waals surface area contributed by atoms with Gasteiger partial charge in [-0.25, -0.2) is 4.39 Å². The number of hydrogen-bond donors (Lipinski definition) is 2. The third kappa shape index (κ3) is 4.77. The van der Waals surface area contributed by atoms with E-state index in [1.807, 2.05) is 38.1 Å². The van der Waals surface area contributed by atoms with E-state index in [1.165, 1.54) is 12.1 Å². The molecule has 0 aliphatic heterocycles. The van der Waals surface area contributed by atoms with Crippen LogP contribution < -0.4 is 15.4 Å². The Labute approximate surface area is 129 Å². The largest absolute Gasteiger partial charge is 0.491 e. The number of ether oxygens (including phenoxy) is 1. The summed E-state index contributed by atoms with van der Waals surface area (Å²) in [4.78, 5) is 11.8. The van der Waals surface area contributed by atoms with Gasteiger partial charge >= 0.3 is 0 Å². The van der Waals surface area contributed by atoms with Crippen molar-refractivity contribution in [3.8, 4) is 5.75 Å². The third-order valence-electron chi connectivity index (χ3n) is 2.81. The van der Waals surface area contributed by atoms with Gasteiger partial charge in [0.2, 0.25) is 5.91 Å². The Morgan fingerprint density at radius 3 is 2.68 bits per heavy atom. The molecule has 0 aliphatic carbocycles. The molecule has 0 saturated carbocycles. The van der Waals surface area contributed by atoms with Crippen molar-refractivity contribution in [3.05, 3.63) is 54.3 Å². The van der Waals surface area contributed by atoms with Crippen LogP contribution in [0.4, 0.5) is 15.8 Å². The van der Waals surface area contributed by atoms with Crippen molar-refractivity contribution >= 4 is 17.3 Å². The number of benzene rings is 2. The van der Waals surface area contributed by atoms with Crippen LogP contribution in [0.1, 0.15) is 13.8 Å². The van der Waals surface area contributed by atoms with E-state index in [4.69, 9.17) is 4.74 Å². The molecule has 0 unspecified atom stereocenters. The molecule has 22 heavy (non-hydrogen) atoms. The summed E-state index contributed by atoms with van der Waals surface area (Å²) < 4.78 is 19.0. The molecule has 2 N–H and O–H groups in total. The van der Waals surface area contributed by atoms with Crippen molar-refractivity contribution in [2.75, 3.05) is 17.2 Å². The van der Waals surface area contributed by atoms with Gasteiger partial charge in [-0.3, -0.25) is 4.79 Å². The number of para-hydroxylation sites is 1. The van der Waals surface area contributed by atoms with Gasteiger partial charge in [0, 0.05) is 11.8 Å². The number of nitrogens with one attached hydrogen (secondary N) is 2. The second-order valence-corrected chi connectivity index (χ2v) is 5.08. The summed E-state index contributed by atoms with van der Waals surface area (Å²) in [6, 6.07) is 13.4. The van der Waals surface area contributed by atoms with E-state index < -0.39 is 5.82 Å². The first-order valence-corrected chi connectivity index (χ1v) is 7.09. The van der Waals surface area contributed by atoms with Crippen LogP contribution in [0.2, 0.25) is 0 Å². The van der Waals surface area contributed by atoms with E-state index >= 15 is 0 Å². The first-order valence-electron chi connectivity index (χ1n) is 7.09. The molecule has 5 heteroatoms. The monoisotopic (exact) mass is 302 g/mol. The molecule has 0 heterocycles. The standard InChI is InChI=1S/C17H19FN2O2/c1-12(2)22-14-7-5-6-13(10-14)19-11-17(21)20-16-9-4-3-8-15(16)18/h3-10,12,19H,11H2,1-2H3,(H,20,21). The second kappa shape index (κ2) is 7.45. The molecule has 0 bridgehead atoms. The fourth-order valence-corrected chi connectivity index (χ4v) is 1.89. The minimum absolute atomic E-state index is 0.0411. The number of carbonyl (C=O) groups excluding carboxylic acids is 1. The normalized spacial score (nSPS) is 10.4. The van der Waals surface area contributed by atoms with Crippen molar-refractivity contribution in [2.24, 2.45) is 0 Å². The summed E-state index contributed by atoms with van der Waals surface area (Å²) in [6.45, 7) is 3.93. The molecule has 116 valence electrons. The molecule has 0 fully saturated rings. The molecule has 0 aliphatic rings. The van der Waals surface area contributed by atoms with Gasteiger partial charge in [0.05, 0.1) is 18.3 Å². The molecule has 2 aromatic rings. The predicted molar refractivity (Wildman–Crippen MR) is 85.7 cm³/mol. The summed E-state index contributed by atoms with van der Waals surface area (Å²) in [7, 11) is 0. The maximum absolute atomic E-state index is 13.4. The lowest BCUT2D eigenvalue weighted by Crippen LogP contribution is -2.22. The van der Waals surface area contributed by atoms with Crippen molar-refractivity contribution in [2.45, 2.75) is 20.0 Å². The smallest absolute Gasteiger partial charge is 0.243 e. The third-order valence-corrected chi connectivity index (χ3v) is 2.81. The molecule has 4 nitrogen and oxygen atoms in total. The van der Waals surface area contributed by atoms with Gasteiger partial charge in [-0.15, -0.1) is 0 Å². The minimum atomic E-state index is -0.455. The first kappa shape index (κ1) is 15.8. The van der Waals surface area contributed by atoms with Crippen LogP contribution in [0.15, 0.2) is 48.5 Å². The number of anilines is 2. The van der Waals surface area contributed by atoms with Gasteiger partial charge < -0.3 is 15.4 Å². The zero-order chi connectivity index (χ0) is 15.9. The number of halogens is 1. The number of amides is 1. The Kier molecular flexibility index (Phi) is 5.36. The average Bonchev–Trinajstić information content (AvgIpc) is 2.47. The Morgan fingerprint density at radius 1 is 1.18 bits per heavy atom. The van der Waals surface area contributed by atoms with E-state index in [9.17, 15) is 9.18 Å². The fourth-order valence-electron chi connectivity index (χ4n) is 1.89. The molecule has 1 amide bonds. The highest BCUT2D eigenvalue weighted by molar-refractivity contribution is 5.93. The van der Waals surface area contributed by atoms with Gasteiger partial charge in [0.25, 0.3) is 0 Å².